The molecule has 1 aromatic rings. The third kappa shape index (κ3) is 2.77. The number of carbonyl (C=O) groups excluding carboxylic acids is 1. The van der Waals surface area contributed by atoms with Crippen molar-refractivity contribution in [2.75, 3.05) is 13.2 Å². The first-order chi connectivity index (χ1) is 9.34. The number of likely N-dealkylation sites (tertiary alicyclic amines) is 1. The topological polar surface area (TPSA) is 40.5 Å². The second-order valence-electron chi connectivity index (χ2n) is 4.67. The van der Waals surface area contributed by atoms with Gasteiger partial charge in [0.1, 0.15) is 5.82 Å². The zero-order valence-corrected chi connectivity index (χ0v) is 10.5. The summed E-state index contributed by atoms with van der Waals surface area (Å²) in [6.07, 6.45) is -3.55. The lowest BCUT2D eigenvalue weighted by Crippen LogP contribution is -2.37. The van der Waals surface area contributed by atoms with Gasteiger partial charge in [-0.3, -0.25) is 4.79 Å². The molecular formula is C13H13F4NO2. The lowest BCUT2D eigenvalue weighted by atomic mass is 10.1. The molecule has 0 radical (unpaired) electrons. The molecule has 0 unspecified atom stereocenters. The number of hydrogen-bond acceptors (Lipinski definition) is 2. The van der Waals surface area contributed by atoms with Crippen LogP contribution in [-0.4, -0.2) is 35.1 Å². The summed E-state index contributed by atoms with van der Waals surface area (Å²) in [6, 6.07) is 1.80. The Kier molecular flexibility index (Phi) is 3.99. The molecule has 1 aliphatic heterocycles. The van der Waals surface area contributed by atoms with E-state index in [0.29, 0.717) is 31.5 Å². The van der Waals surface area contributed by atoms with Crippen molar-refractivity contribution in [3.8, 4) is 0 Å². The Morgan fingerprint density at radius 1 is 1.40 bits per heavy atom. The van der Waals surface area contributed by atoms with Gasteiger partial charge in [0, 0.05) is 12.1 Å². The molecule has 1 fully saturated rings. The molecule has 2 rings (SSSR count). The SMILES string of the molecule is O=C(c1ccc(F)c(C(F)(F)F)c1)N1CCC[C@H]1CO. The molecule has 0 bridgehead atoms. The van der Waals surface area contributed by atoms with E-state index in [1.807, 2.05) is 0 Å². The number of hydrogen-bond donors (Lipinski definition) is 1. The van der Waals surface area contributed by atoms with Crippen LogP contribution in [0.4, 0.5) is 17.6 Å². The summed E-state index contributed by atoms with van der Waals surface area (Å²) in [5.41, 5.74) is -1.68. The van der Waals surface area contributed by atoms with Crippen LogP contribution in [0.25, 0.3) is 0 Å². The maximum absolute atomic E-state index is 13.2. The van der Waals surface area contributed by atoms with E-state index in [-0.39, 0.29) is 18.2 Å². The highest BCUT2D eigenvalue weighted by Crippen LogP contribution is 2.32. The van der Waals surface area contributed by atoms with E-state index in [1.165, 1.54) is 4.90 Å². The van der Waals surface area contributed by atoms with Gasteiger partial charge in [0.15, 0.2) is 0 Å². The number of halogens is 4. The van der Waals surface area contributed by atoms with Gasteiger partial charge in [-0.05, 0) is 31.0 Å². The highest BCUT2D eigenvalue weighted by Gasteiger charge is 2.36. The van der Waals surface area contributed by atoms with Crippen LogP contribution in [-0.2, 0) is 6.18 Å². The number of amides is 1. The number of aliphatic hydroxyl groups excluding tert-OH is 1. The van der Waals surface area contributed by atoms with Crippen LogP contribution < -0.4 is 0 Å². The summed E-state index contributed by atoms with van der Waals surface area (Å²) in [6.45, 7) is 0.141. The van der Waals surface area contributed by atoms with Gasteiger partial charge in [0.25, 0.3) is 5.91 Å². The average Bonchev–Trinajstić information content (AvgIpc) is 2.85. The first-order valence-corrected chi connectivity index (χ1v) is 6.13. The minimum absolute atomic E-state index is 0.223. The zero-order chi connectivity index (χ0) is 14.9. The molecule has 0 saturated carbocycles. The Morgan fingerprint density at radius 2 is 2.10 bits per heavy atom. The molecule has 1 aliphatic rings. The predicted octanol–water partition coefficient (Wildman–Crippen LogP) is 2.44. The van der Waals surface area contributed by atoms with E-state index < -0.39 is 23.5 Å². The fourth-order valence-electron chi connectivity index (χ4n) is 2.33. The van der Waals surface area contributed by atoms with Crippen LogP contribution in [0.1, 0.15) is 28.8 Å². The molecule has 20 heavy (non-hydrogen) atoms. The normalized spacial score (nSPS) is 19.4. The second kappa shape index (κ2) is 5.40. The van der Waals surface area contributed by atoms with Crippen molar-refractivity contribution in [2.45, 2.75) is 25.1 Å². The minimum Gasteiger partial charge on any atom is -0.394 e. The van der Waals surface area contributed by atoms with Gasteiger partial charge in [-0.15, -0.1) is 0 Å². The summed E-state index contributed by atoms with van der Waals surface area (Å²) >= 11 is 0. The van der Waals surface area contributed by atoms with Gasteiger partial charge in [0.2, 0.25) is 0 Å². The van der Waals surface area contributed by atoms with E-state index in [1.54, 1.807) is 0 Å². The van der Waals surface area contributed by atoms with Crippen molar-refractivity contribution < 1.29 is 27.5 Å². The molecular weight excluding hydrogens is 278 g/mol. The van der Waals surface area contributed by atoms with Crippen molar-refractivity contribution in [1.29, 1.82) is 0 Å². The number of aliphatic hydroxyl groups is 1. The summed E-state index contributed by atoms with van der Waals surface area (Å²) < 4.78 is 51.0. The third-order valence-corrected chi connectivity index (χ3v) is 3.37. The Bertz CT molecular complexity index is 516. The van der Waals surface area contributed by atoms with Crippen LogP contribution in [0.15, 0.2) is 18.2 Å². The molecule has 1 aromatic carbocycles. The number of carbonyl (C=O) groups is 1. The Morgan fingerprint density at radius 3 is 2.70 bits per heavy atom. The van der Waals surface area contributed by atoms with Gasteiger partial charge in [-0.2, -0.15) is 13.2 Å². The predicted molar refractivity (Wildman–Crippen MR) is 62.5 cm³/mol. The zero-order valence-electron chi connectivity index (χ0n) is 10.5. The van der Waals surface area contributed by atoms with E-state index in [4.69, 9.17) is 5.11 Å². The van der Waals surface area contributed by atoms with Crippen LogP contribution in [0.5, 0.6) is 0 Å². The van der Waals surface area contributed by atoms with Crippen molar-refractivity contribution >= 4 is 5.91 Å². The molecule has 1 atom stereocenters. The van der Waals surface area contributed by atoms with Crippen molar-refractivity contribution in [3.05, 3.63) is 35.1 Å². The summed E-state index contributed by atoms with van der Waals surface area (Å²) in [7, 11) is 0. The second-order valence-corrected chi connectivity index (χ2v) is 4.67. The number of alkyl halides is 3. The highest BCUT2D eigenvalue weighted by molar-refractivity contribution is 5.94. The molecule has 7 heteroatoms. The average molecular weight is 291 g/mol. The molecule has 0 aromatic heterocycles. The first-order valence-electron chi connectivity index (χ1n) is 6.13. The molecule has 110 valence electrons. The third-order valence-electron chi connectivity index (χ3n) is 3.37. The lowest BCUT2D eigenvalue weighted by Gasteiger charge is -2.23. The van der Waals surface area contributed by atoms with E-state index in [0.717, 1.165) is 6.07 Å². The number of benzene rings is 1. The molecule has 1 N–H and O–H groups in total. The maximum atomic E-state index is 13.2. The largest absolute Gasteiger partial charge is 0.419 e. The van der Waals surface area contributed by atoms with E-state index in [9.17, 15) is 22.4 Å². The van der Waals surface area contributed by atoms with Gasteiger partial charge in [0.05, 0.1) is 18.2 Å². The van der Waals surface area contributed by atoms with Gasteiger partial charge >= 0.3 is 6.18 Å². The van der Waals surface area contributed by atoms with Crippen LogP contribution in [0.2, 0.25) is 0 Å². The first kappa shape index (κ1) is 14.8. The summed E-state index contributed by atoms with van der Waals surface area (Å²) in [5.74, 6) is -2.03. The molecule has 0 spiro atoms. The van der Waals surface area contributed by atoms with Gasteiger partial charge in [-0.25, -0.2) is 4.39 Å². The highest BCUT2D eigenvalue weighted by atomic mass is 19.4. The molecule has 3 nitrogen and oxygen atoms in total. The van der Waals surface area contributed by atoms with Gasteiger partial charge < -0.3 is 10.0 Å². The van der Waals surface area contributed by atoms with Crippen LogP contribution >= 0.6 is 0 Å². The lowest BCUT2D eigenvalue weighted by molar-refractivity contribution is -0.140. The fraction of sp³-hybridized carbons (Fsp3) is 0.462. The van der Waals surface area contributed by atoms with Crippen molar-refractivity contribution in [2.24, 2.45) is 0 Å². The number of nitrogens with zero attached hydrogens (tertiary/aromatic N) is 1. The monoisotopic (exact) mass is 291 g/mol. The maximum Gasteiger partial charge on any atom is 0.419 e. The fourth-order valence-corrected chi connectivity index (χ4v) is 2.33. The Labute approximate surface area is 112 Å². The molecule has 1 amide bonds. The smallest absolute Gasteiger partial charge is 0.394 e. The standard InChI is InChI=1S/C13H13F4NO2/c14-11-4-3-8(6-10(11)13(15,16)17)12(20)18-5-1-2-9(18)7-19/h3-4,6,9,19H,1-2,5,7H2/t9-/m0/s1. The quantitative estimate of drug-likeness (QED) is 0.850. The van der Waals surface area contributed by atoms with E-state index in [2.05, 4.69) is 0 Å². The Balaban J connectivity index is 2.31. The molecule has 1 heterocycles. The van der Waals surface area contributed by atoms with Crippen molar-refractivity contribution in [1.82, 2.24) is 4.90 Å². The van der Waals surface area contributed by atoms with Crippen molar-refractivity contribution in [3.63, 3.8) is 0 Å². The minimum atomic E-state index is -4.85. The summed E-state index contributed by atoms with van der Waals surface area (Å²) in [4.78, 5) is 13.5. The molecule has 0 aliphatic carbocycles. The van der Waals surface area contributed by atoms with Gasteiger partial charge in [-0.1, -0.05) is 0 Å². The van der Waals surface area contributed by atoms with E-state index >= 15 is 0 Å². The molecule has 1 saturated heterocycles. The number of rotatable bonds is 2. The van der Waals surface area contributed by atoms with Crippen LogP contribution in [0, 0.1) is 5.82 Å². The summed E-state index contributed by atoms with van der Waals surface area (Å²) in [5, 5.41) is 9.13. The Hall–Kier alpha value is -1.63. The van der Waals surface area contributed by atoms with Crippen LogP contribution in [0.3, 0.4) is 0 Å².